The van der Waals surface area contributed by atoms with Crippen molar-refractivity contribution in [1.82, 2.24) is 14.7 Å². The van der Waals surface area contributed by atoms with Crippen molar-refractivity contribution in [3.63, 3.8) is 0 Å². The van der Waals surface area contributed by atoms with E-state index in [-0.39, 0.29) is 0 Å². The Morgan fingerprint density at radius 2 is 2.17 bits per heavy atom. The average Bonchev–Trinajstić information content (AvgIpc) is 2.77. The Balaban J connectivity index is 2.33. The molecule has 1 aromatic heterocycles. The van der Waals surface area contributed by atoms with E-state index in [0.29, 0.717) is 12.0 Å². The molecule has 2 unspecified atom stereocenters. The highest BCUT2D eigenvalue weighted by Gasteiger charge is 2.31. The zero-order valence-corrected chi connectivity index (χ0v) is 11.7. The maximum Gasteiger partial charge on any atom is 0.0559 e. The Morgan fingerprint density at radius 1 is 1.33 bits per heavy atom. The summed E-state index contributed by atoms with van der Waals surface area (Å²) in [5.74, 6) is 0.564. The van der Waals surface area contributed by atoms with Gasteiger partial charge in [-0.05, 0) is 51.4 Å². The second kappa shape index (κ2) is 6.34. The van der Waals surface area contributed by atoms with Crippen molar-refractivity contribution in [2.45, 2.75) is 45.7 Å². The number of hydrogen-bond acceptors (Lipinski definition) is 3. The van der Waals surface area contributed by atoms with Crippen LogP contribution in [0, 0.1) is 5.92 Å². The standard InChI is InChI=1S/C14H26N4/c1-3-17-10-6-5-7-12(11-15)14(17)13-8-9-16-18(13)4-2/h8-9,12,14H,3-7,10-11,15H2,1-2H3. The van der Waals surface area contributed by atoms with E-state index in [9.17, 15) is 0 Å². The fourth-order valence-corrected chi connectivity index (χ4v) is 3.21. The normalized spacial score (nSPS) is 26.2. The summed E-state index contributed by atoms with van der Waals surface area (Å²) in [6.07, 6.45) is 5.76. The Labute approximate surface area is 110 Å². The van der Waals surface area contributed by atoms with Gasteiger partial charge in [0.15, 0.2) is 0 Å². The molecule has 1 aromatic rings. The lowest BCUT2D eigenvalue weighted by molar-refractivity contribution is 0.157. The Hall–Kier alpha value is -0.870. The Bertz CT molecular complexity index is 346. The number of nitrogens with two attached hydrogens (primary N) is 1. The van der Waals surface area contributed by atoms with Gasteiger partial charge in [-0.1, -0.05) is 13.3 Å². The van der Waals surface area contributed by atoms with Crippen LogP contribution in [-0.4, -0.2) is 34.3 Å². The van der Waals surface area contributed by atoms with Gasteiger partial charge in [0, 0.05) is 12.7 Å². The Kier molecular flexibility index (Phi) is 4.78. The maximum atomic E-state index is 6.02. The summed E-state index contributed by atoms with van der Waals surface area (Å²) < 4.78 is 2.13. The molecule has 4 nitrogen and oxygen atoms in total. The van der Waals surface area contributed by atoms with E-state index in [1.165, 1.54) is 31.5 Å². The summed E-state index contributed by atoms with van der Waals surface area (Å²) in [6.45, 7) is 8.39. The summed E-state index contributed by atoms with van der Waals surface area (Å²) in [5.41, 5.74) is 7.37. The lowest BCUT2D eigenvalue weighted by Crippen LogP contribution is -2.36. The van der Waals surface area contributed by atoms with Crippen LogP contribution in [0.4, 0.5) is 0 Å². The van der Waals surface area contributed by atoms with E-state index in [1.807, 2.05) is 6.20 Å². The first-order valence-electron chi connectivity index (χ1n) is 7.27. The molecular weight excluding hydrogens is 224 g/mol. The van der Waals surface area contributed by atoms with Gasteiger partial charge >= 0.3 is 0 Å². The molecule has 1 aliphatic rings. The highest BCUT2D eigenvalue weighted by atomic mass is 15.3. The van der Waals surface area contributed by atoms with Crippen LogP contribution in [0.25, 0.3) is 0 Å². The molecule has 2 N–H and O–H groups in total. The van der Waals surface area contributed by atoms with Gasteiger partial charge in [0.1, 0.15) is 0 Å². The lowest BCUT2D eigenvalue weighted by Gasteiger charge is -2.34. The monoisotopic (exact) mass is 250 g/mol. The molecule has 102 valence electrons. The molecule has 0 spiro atoms. The van der Waals surface area contributed by atoms with Crippen LogP contribution >= 0.6 is 0 Å². The second-order valence-electron chi connectivity index (χ2n) is 5.14. The van der Waals surface area contributed by atoms with Crippen LogP contribution in [0.3, 0.4) is 0 Å². The summed E-state index contributed by atoms with van der Waals surface area (Å²) in [4.78, 5) is 2.58. The smallest absolute Gasteiger partial charge is 0.0559 e. The summed E-state index contributed by atoms with van der Waals surface area (Å²) >= 11 is 0. The van der Waals surface area contributed by atoms with Crippen molar-refractivity contribution in [2.75, 3.05) is 19.6 Å². The first-order chi connectivity index (χ1) is 8.81. The predicted octanol–water partition coefficient (Wildman–Crippen LogP) is 2.02. The van der Waals surface area contributed by atoms with Gasteiger partial charge in [0.25, 0.3) is 0 Å². The lowest BCUT2D eigenvalue weighted by atomic mass is 9.92. The highest BCUT2D eigenvalue weighted by molar-refractivity contribution is 5.10. The third-order valence-electron chi connectivity index (χ3n) is 4.17. The topological polar surface area (TPSA) is 47.1 Å². The van der Waals surface area contributed by atoms with Crippen molar-refractivity contribution < 1.29 is 0 Å². The molecule has 1 saturated heterocycles. The molecule has 2 heterocycles. The third kappa shape index (κ3) is 2.59. The average molecular weight is 250 g/mol. The van der Waals surface area contributed by atoms with Gasteiger partial charge in [0.2, 0.25) is 0 Å². The van der Waals surface area contributed by atoms with Crippen molar-refractivity contribution in [2.24, 2.45) is 11.7 Å². The number of likely N-dealkylation sites (tertiary alicyclic amines) is 1. The SMILES string of the molecule is CCN1CCCCC(CN)C1c1ccnn1CC. The van der Waals surface area contributed by atoms with Crippen molar-refractivity contribution in [3.05, 3.63) is 18.0 Å². The minimum atomic E-state index is 0.449. The number of rotatable bonds is 4. The molecule has 4 heteroatoms. The molecule has 0 radical (unpaired) electrons. The number of aryl methyl sites for hydroxylation is 1. The van der Waals surface area contributed by atoms with Gasteiger partial charge in [-0.3, -0.25) is 9.58 Å². The zero-order chi connectivity index (χ0) is 13.0. The second-order valence-corrected chi connectivity index (χ2v) is 5.14. The van der Waals surface area contributed by atoms with Gasteiger partial charge in [-0.15, -0.1) is 0 Å². The minimum Gasteiger partial charge on any atom is -0.330 e. The molecular formula is C14H26N4. The van der Waals surface area contributed by atoms with E-state index < -0.39 is 0 Å². The molecule has 18 heavy (non-hydrogen) atoms. The maximum absolute atomic E-state index is 6.02. The van der Waals surface area contributed by atoms with E-state index in [0.717, 1.165) is 19.6 Å². The van der Waals surface area contributed by atoms with E-state index in [1.54, 1.807) is 0 Å². The summed E-state index contributed by atoms with van der Waals surface area (Å²) in [5, 5.41) is 4.43. The number of nitrogens with zero attached hydrogens (tertiary/aromatic N) is 3. The summed E-state index contributed by atoms with van der Waals surface area (Å²) in [7, 11) is 0. The highest BCUT2D eigenvalue weighted by Crippen LogP contribution is 2.34. The van der Waals surface area contributed by atoms with Crippen LogP contribution in [0.2, 0.25) is 0 Å². The largest absolute Gasteiger partial charge is 0.330 e. The minimum absolute atomic E-state index is 0.449. The van der Waals surface area contributed by atoms with Crippen LogP contribution in [-0.2, 0) is 6.54 Å². The van der Waals surface area contributed by atoms with Crippen molar-refractivity contribution in [1.29, 1.82) is 0 Å². The van der Waals surface area contributed by atoms with E-state index in [4.69, 9.17) is 5.73 Å². The van der Waals surface area contributed by atoms with Crippen LogP contribution < -0.4 is 5.73 Å². The Morgan fingerprint density at radius 3 is 2.83 bits per heavy atom. The van der Waals surface area contributed by atoms with E-state index in [2.05, 4.69) is 34.6 Å². The van der Waals surface area contributed by atoms with Crippen LogP contribution in [0.5, 0.6) is 0 Å². The van der Waals surface area contributed by atoms with Gasteiger partial charge in [0.05, 0.1) is 11.7 Å². The van der Waals surface area contributed by atoms with Crippen LogP contribution in [0.1, 0.15) is 44.8 Å². The van der Waals surface area contributed by atoms with Gasteiger partial charge < -0.3 is 5.73 Å². The fraction of sp³-hybridized carbons (Fsp3) is 0.786. The van der Waals surface area contributed by atoms with Crippen LogP contribution in [0.15, 0.2) is 12.3 Å². The molecule has 1 aliphatic heterocycles. The fourth-order valence-electron chi connectivity index (χ4n) is 3.21. The molecule has 0 aliphatic carbocycles. The molecule has 2 atom stereocenters. The van der Waals surface area contributed by atoms with Gasteiger partial charge in [-0.25, -0.2) is 0 Å². The molecule has 0 aromatic carbocycles. The molecule has 0 bridgehead atoms. The first kappa shape index (κ1) is 13.6. The quantitative estimate of drug-likeness (QED) is 0.889. The number of aromatic nitrogens is 2. The molecule has 2 rings (SSSR count). The first-order valence-corrected chi connectivity index (χ1v) is 7.27. The third-order valence-corrected chi connectivity index (χ3v) is 4.17. The molecule has 1 fully saturated rings. The number of hydrogen-bond donors (Lipinski definition) is 1. The predicted molar refractivity (Wildman–Crippen MR) is 74.3 cm³/mol. The van der Waals surface area contributed by atoms with Gasteiger partial charge in [-0.2, -0.15) is 5.10 Å². The van der Waals surface area contributed by atoms with Crippen molar-refractivity contribution in [3.8, 4) is 0 Å². The molecule has 0 amide bonds. The zero-order valence-electron chi connectivity index (χ0n) is 11.7. The van der Waals surface area contributed by atoms with E-state index >= 15 is 0 Å². The van der Waals surface area contributed by atoms with Crippen molar-refractivity contribution >= 4 is 0 Å². The summed E-state index contributed by atoms with van der Waals surface area (Å²) in [6, 6.07) is 2.62. The molecule has 0 saturated carbocycles.